The summed E-state index contributed by atoms with van der Waals surface area (Å²) in [4.78, 5) is 48.4. The molecule has 12 heteroatoms. The highest BCUT2D eigenvalue weighted by molar-refractivity contribution is 5.94. The first-order valence-corrected chi connectivity index (χ1v) is 10.4. The first-order chi connectivity index (χ1) is 15.5. The minimum absolute atomic E-state index is 0.0339. The molecule has 1 aromatic rings. The minimum atomic E-state index is -1.50. The lowest BCUT2D eigenvalue weighted by atomic mass is 10.0. The monoisotopic (exact) mass is 468 g/mol. The molecule has 12 nitrogen and oxygen atoms in total. The Hall–Kier alpha value is -3.22. The van der Waals surface area contributed by atoms with Gasteiger partial charge in [-0.1, -0.05) is 26.0 Å². The smallest absolute Gasteiger partial charge is 0.326 e. The van der Waals surface area contributed by atoms with Crippen molar-refractivity contribution in [2.45, 2.75) is 50.9 Å². The number of amides is 3. The summed E-state index contributed by atoms with van der Waals surface area (Å²) in [5.74, 6) is -3.88. The van der Waals surface area contributed by atoms with E-state index in [-0.39, 0.29) is 24.5 Å². The van der Waals surface area contributed by atoms with E-state index in [2.05, 4.69) is 16.0 Å². The molecule has 0 aliphatic heterocycles. The number of carbonyl (C=O) groups is 4. The molecule has 3 amide bonds. The Kier molecular flexibility index (Phi) is 11.3. The zero-order valence-electron chi connectivity index (χ0n) is 18.5. The van der Waals surface area contributed by atoms with Gasteiger partial charge in [0.05, 0.1) is 19.3 Å². The van der Waals surface area contributed by atoms with Crippen LogP contribution >= 0.6 is 0 Å². The van der Waals surface area contributed by atoms with Crippen LogP contribution in [0.4, 0.5) is 0 Å². The number of aliphatic hydroxyl groups excluding tert-OH is 2. The van der Waals surface area contributed by atoms with Gasteiger partial charge < -0.3 is 42.1 Å². The van der Waals surface area contributed by atoms with E-state index in [9.17, 15) is 39.6 Å². The summed E-state index contributed by atoms with van der Waals surface area (Å²) >= 11 is 0. The number of benzene rings is 1. The Labute approximate surface area is 191 Å². The topological polar surface area (TPSA) is 211 Å². The third-order valence-electron chi connectivity index (χ3n) is 4.68. The molecule has 0 heterocycles. The maximum Gasteiger partial charge on any atom is 0.326 e. The maximum atomic E-state index is 12.4. The molecule has 0 saturated carbocycles. The highest BCUT2D eigenvalue weighted by Gasteiger charge is 2.30. The highest BCUT2D eigenvalue weighted by atomic mass is 16.4. The van der Waals surface area contributed by atoms with Gasteiger partial charge in [-0.15, -0.1) is 0 Å². The first kappa shape index (κ1) is 27.8. The van der Waals surface area contributed by atoms with Crippen LogP contribution in [0.2, 0.25) is 0 Å². The number of phenols is 1. The van der Waals surface area contributed by atoms with Crippen molar-refractivity contribution in [3.63, 3.8) is 0 Å². The summed E-state index contributed by atoms with van der Waals surface area (Å²) in [5.41, 5.74) is 6.50. The summed E-state index contributed by atoms with van der Waals surface area (Å²) in [5, 5.41) is 44.2. The number of rotatable bonds is 13. The van der Waals surface area contributed by atoms with Crippen LogP contribution in [0.25, 0.3) is 0 Å². The van der Waals surface area contributed by atoms with E-state index in [4.69, 9.17) is 5.73 Å². The van der Waals surface area contributed by atoms with Crippen molar-refractivity contribution in [1.82, 2.24) is 16.0 Å². The van der Waals surface area contributed by atoms with Gasteiger partial charge in [0.15, 0.2) is 0 Å². The van der Waals surface area contributed by atoms with Gasteiger partial charge in [-0.25, -0.2) is 4.79 Å². The van der Waals surface area contributed by atoms with Gasteiger partial charge in [0, 0.05) is 0 Å². The largest absolute Gasteiger partial charge is 0.508 e. The average Bonchev–Trinajstić information content (AvgIpc) is 2.75. The van der Waals surface area contributed by atoms with E-state index in [0.717, 1.165) is 0 Å². The van der Waals surface area contributed by atoms with Crippen LogP contribution in [-0.2, 0) is 25.6 Å². The minimum Gasteiger partial charge on any atom is -0.508 e. The van der Waals surface area contributed by atoms with Crippen LogP contribution in [0.1, 0.15) is 25.8 Å². The quantitative estimate of drug-likeness (QED) is 0.158. The van der Waals surface area contributed by atoms with Gasteiger partial charge in [0.2, 0.25) is 17.7 Å². The van der Waals surface area contributed by atoms with Crippen molar-refractivity contribution in [2.75, 3.05) is 13.2 Å². The Morgan fingerprint density at radius 3 is 1.73 bits per heavy atom. The fourth-order valence-electron chi connectivity index (χ4n) is 2.88. The number of nitrogens with one attached hydrogen (secondary N) is 3. The molecule has 4 atom stereocenters. The molecule has 1 rings (SSSR count). The second kappa shape index (κ2) is 13.4. The number of phenolic OH excluding ortho intramolecular Hbond substituents is 1. The van der Waals surface area contributed by atoms with Crippen LogP contribution in [0, 0.1) is 5.92 Å². The first-order valence-electron chi connectivity index (χ1n) is 10.4. The highest BCUT2D eigenvalue weighted by Crippen LogP contribution is 2.11. The van der Waals surface area contributed by atoms with E-state index in [1.807, 2.05) is 0 Å². The average molecular weight is 469 g/mol. The molecule has 0 fully saturated rings. The number of hydrogen-bond donors (Lipinski definition) is 8. The third-order valence-corrected chi connectivity index (χ3v) is 4.68. The molecule has 0 aliphatic rings. The second-order valence-corrected chi connectivity index (χ2v) is 7.99. The lowest BCUT2D eigenvalue weighted by molar-refractivity contribution is -0.143. The summed E-state index contributed by atoms with van der Waals surface area (Å²) in [7, 11) is 0. The predicted octanol–water partition coefficient (Wildman–Crippen LogP) is -2.17. The van der Waals surface area contributed by atoms with Crippen LogP contribution in [0.15, 0.2) is 24.3 Å². The number of aliphatic carboxylic acids is 1. The molecule has 0 bridgehead atoms. The molecule has 184 valence electrons. The van der Waals surface area contributed by atoms with E-state index in [0.29, 0.717) is 5.56 Å². The van der Waals surface area contributed by atoms with E-state index < -0.39 is 61.1 Å². The Balaban J connectivity index is 2.71. The van der Waals surface area contributed by atoms with Gasteiger partial charge >= 0.3 is 5.97 Å². The molecule has 9 N–H and O–H groups in total. The summed E-state index contributed by atoms with van der Waals surface area (Å²) in [6.07, 6.45) is 0.237. The molecule has 0 aliphatic carbocycles. The number of aromatic hydroxyl groups is 1. The molecule has 0 spiro atoms. The van der Waals surface area contributed by atoms with Crippen molar-refractivity contribution in [3.05, 3.63) is 29.8 Å². The van der Waals surface area contributed by atoms with Gasteiger partial charge in [-0.05, 0) is 36.5 Å². The van der Waals surface area contributed by atoms with Gasteiger partial charge in [0.25, 0.3) is 0 Å². The van der Waals surface area contributed by atoms with Crippen molar-refractivity contribution >= 4 is 23.7 Å². The Bertz CT molecular complexity index is 815. The fourth-order valence-corrected chi connectivity index (χ4v) is 2.88. The van der Waals surface area contributed by atoms with Crippen LogP contribution in [-0.4, -0.2) is 81.5 Å². The van der Waals surface area contributed by atoms with Gasteiger partial charge in [0.1, 0.15) is 23.9 Å². The molecule has 0 aromatic heterocycles. The van der Waals surface area contributed by atoms with Gasteiger partial charge in [-0.2, -0.15) is 0 Å². The normalized spacial score (nSPS) is 14.6. The number of hydrogen-bond acceptors (Lipinski definition) is 8. The fraction of sp³-hybridized carbons (Fsp3) is 0.524. The molecular weight excluding hydrogens is 436 g/mol. The van der Waals surface area contributed by atoms with Crippen molar-refractivity contribution < 1.29 is 39.6 Å². The summed E-state index contributed by atoms with van der Waals surface area (Å²) in [6, 6.07) is 0.773. The predicted molar refractivity (Wildman–Crippen MR) is 117 cm³/mol. The van der Waals surface area contributed by atoms with E-state index >= 15 is 0 Å². The number of nitrogens with two attached hydrogens (primary N) is 1. The van der Waals surface area contributed by atoms with Crippen LogP contribution in [0.5, 0.6) is 5.75 Å². The summed E-state index contributed by atoms with van der Waals surface area (Å²) < 4.78 is 0. The SMILES string of the molecule is CC(C)CC(NC(=O)C(CO)NC(=O)C(CO)NC(=O)C(N)Cc1ccc(O)cc1)C(=O)O. The lowest BCUT2D eigenvalue weighted by Crippen LogP contribution is -2.59. The molecule has 0 saturated heterocycles. The Morgan fingerprint density at radius 2 is 1.30 bits per heavy atom. The number of aliphatic hydroxyl groups is 2. The second-order valence-electron chi connectivity index (χ2n) is 7.99. The van der Waals surface area contributed by atoms with Crippen LogP contribution in [0.3, 0.4) is 0 Å². The van der Waals surface area contributed by atoms with Crippen LogP contribution < -0.4 is 21.7 Å². The molecule has 4 unspecified atom stereocenters. The molecule has 33 heavy (non-hydrogen) atoms. The molecule has 0 radical (unpaired) electrons. The Morgan fingerprint density at radius 1 is 0.848 bits per heavy atom. The standard InChI is InChI=1S/C21H32N4O8/c1-11(2)7-15(21(32)33)23-19(30)17(10-27)25-20(31)16(9-26)24-18(29)14(22)8-12-3-5-13(28)6-4-12/h3-6,11,14-17,26-28H,7-10,22H2,1-2H3,(H,23,30)(H,24,29)(H,25,31)(H,32,33). The van der Waals surface area contributed by atoms with E-state index in [1.54, 1.807) is 26.0 Å². The molecular formula is C21H32N4O8. The summed E-state index contributed by atoms with van der Waals surface area (Å²) in [6.45, 7) is 1.90. The molecule has 1 aromatic carbocycles. The third kappa shape index (κ3) is 9.43. The van der Waals surface area contributed by atoms with Crippen molar-refractivity contribution in [3.8, 4) is 5.75 Å². The van der Waals surface area contributed by atoms with Crippen molar-refractivity contribution in [2.24, 2.45) is 11.7 Å². The zero-order valence-corrected chi connectivity index (χ0v) is 18.5. The number of carbonyl (C=O) groups excluding carboxylic acids is 3. The van der Waals surface area contributed by atoms with E-state index in [1.165, 1.54) is 12.1 Å². The number of carboxylic acid groups (broad SMARTS) is 1. The van der Waals surface area contributed by atoms with Gasteiger partial charge in [-0.3, -0.25) is 14.4 Å². The zero-order chi connectivity index (χ0) is 25.1. The van der Waals surface area contributed by atoms with Crippen molar-refractivity contribution in [1.29, 1.82) is 0 Å². The maximum absolute atomic E-state index is 12.4. The number of carboxylic acids is 1. The lowest BCUT2D eigenvalue weighted by Gasteiger charge is -2.23.